The van der Waals surface area contributed by atoms with E-state index in [0.717, 1.165) is 24.3 Å². The van der Waals surface area contributed by atoms with Crippen molar-refractivity contribution < 1.29 is 27.8 Å². The maximum absolute atomic E-state index is 13.6. The van der Waals surface area contributed by atoms with Gasteiger partial charge in [-0.25, -0.2) is 13.6 Å². The molecule has 0 bridgehead atoms. The highest BCUT2D eigenvalue weighted by atomic mass is 35.5. The first-order chi connectivity index (χ1) is 11.9. The van der Waals surface area contributed by atoms with Crippen molar-refractivity contribution in [3.8, 4) is 5.75 Å². The number of rotatable bonds is 6. The molecule has 130 valence electrons. The average molecular weight is 367 g/mol. The summed E-state index contributed by atoms with van der Waals surface area (Å²) in [5.41, 5.74) is -0.0179. The Labute approximate surface area is 147 Å². The largest absolute Gasteiger partial charge is 0.496 e. The quantitative estimate of drug-likeness (QED) is 0.439. The number of carbonyl (C=O) groups excluding carboxylic acids is 2. The van der Waals surface area contributed by atoms with Gasteiger partial charge in [0.1, 0.15) is 17.4 Å². The topological polar surface area (TPSA) is 52.6 Å². The number of ketones is 1. The first-order valence-electron chi connectivity index (χ1n) is 7.08. The summed E-state index contributed by atoms with van der Waals surface area (Å²) >= 11 is 5.82. The first-order valence-corrected chi connectivity index (χ1v) is 7.45. The molecule has 2 aromatic rings. The number of Topliss-reactive ketones (excluding diaryl/α,β-unsaturated/α-hetero) is 1. The molecule has 0 saturated carbocycles. The van der Waals surface area contributed by atoms with Crippen LogP contribution in [0.15, 0.2) is 42.5 Å². The molecular formula is C18H13ClF2O4. The first kappa shape index (κ1) is 18.6. The number of carbonyl (C=O) groups is 2. The Morgan fingerprint density at radius 3 is 2.64 bits per heavy atom. The van der Waals surface area contributed by atoms with Gasteiger partial charge >= 0.3 is 5.97 Å². The number of hydrogen-bond acceptors (Lipinski definition) is 4. The highest BCUT2D eigenvalue weighted by Gasteiger charge is 2.15. The number of hydrogen-bond donors (Lipinski definition) is 0. The maximum Gasteiger partial charge on any atom is 0.331 e. The summed E-state index contributed by atoms with van der Waals surface area (Å²) in [6.45, 7) is -0.617. The van der Waals surface area contributed by atoms with Gasteiger partial charge < -0.3 is 9.47 Å². The highest BCUT2D eigenvalue weighted by Crippen LogP contribution is 2.21. The SMILES string of the molecule is COc1ccc(F)cc1C(=O)COC(=O)/C=C/c1c(F)cccc1Cl. The molecule has 4 nitrogen and oxygen atoms in total. The summed E-state index contributed by atoms with van der Waals surface area (Å²) in [4.78, 5) is 23.7. The lowest BCUT2D eigenvalue weighted by Gasteiger charge is -2.07. The zero-order valence-electron chi connectivity index (χ0n) is 13.1. The van der Waals surface area contributed by atoms with Gasteiger partial charge in [-0.1, -0.05) is 17.7 Å². The van der Waals surface area contributed by atoms with E-state index in [2.05, 4.69) is 0 Å². The Kier molecular flexibility index (Phi) is 6.25. The van der Waals surface area contributed by atoms with E-state index in [4.69, 9.17) is 21.1 Å². The third kappa shape index (κ3) is 4.87. The van der Waals surface area contributed by atoms with Crippen molar-refractivity contribution in [2.45, 2.75) is 0 Å². The fourth-order valence-electron chi connectivity index (χ4n) is 1.98. The van der Waals surface area contributed by atoms with Crippen LogP contribution in [-0.2, 0) is 9.53 Å². The molecule has 7 heteroatoms. The predicted molar refractivity (Wildman–Crippen MR) is 88.7 cm³/mol. The van der Waals surface area contributed by atoms with Crippen molar-refractivity contribution in [2.24, 2.45) is 0 Å². The summed E-state index contributed by atoms with van der Waals surface area (Å²) in [6.07, 6.45) is 2.09. The van der Waals surface area contributed by atoms with E-state index in [1.165, 1.54) is 31.4 Å². The molecule has 0 N–H and O–H groups in total. The van der Waals surface area contributed by atoms with E-state index < -0.39 is 30.0 Å². The summed E-state index contributed by atoms with van der Waals surface area (Å²) < 4.78 is 36.6. The van der Waals surface area contributed by atoms with Crippen LogP contribution in [0.5, 0.6) is 5.75 Å². The van der Waals surface area contributed by atoms with Gasteiger partial charge in [-0.3, -0.25) is 4.79 Å². The molecule has 2 aromatic carbocycles. The standard InChI is InChI=1S/C18H13ClF2O4/c1-24-17-7-5-11(20)9-13(17)16(22)10-25-18(23)8-6-12-14(19)3-2-4-15(12)21/h2-9H,10H2,1H3/b8-6+. The zero-order valence-corrected chi connectivity index (χ0v) is 13.8. The Morgan fingerprint density at radius 2 is 1.96 bits per heavy atom. The summed E-state index contributed by atoms with van der Waals surface area (Å²) in [5, 5.41) is 0.129. The number of ether oxygens (including phenoxy) is 2. The molecule has 0 unspecified atom stereocenters. The van der Waals surface area contributed by atoms with E-state index in [9.17, 15) is 18.4 Å². The van der Waals surface area contributed by atoms with Crippen LogP contribution in [0.2, 0.25) is 5.02 Å². The van der Waals surface area contributed by atoms with Crippen molar-refractivity contribution >= 4 is 29.4 Å². The second-order valence-corrected chi connectivity index (χ2v) is 5.25. The predicted octanol–water partition coefficient (Wildman–Crippen LogP) is 4.07. The third-order valence-electron chi connectivity index (χ3n) is 3.19. The molecule has 0 aromatic heterocycles. The Hall–Kier alpha value is -2.73. The van der Waals surface area contributed by atoms with Crippen LogP contribution in [0, 0.1) is 11.6 Å². The minimum atomic E-state index is -0.872. The van der Waals surface area contributed by atoms with Crippen LogP contribution < -0.4 is 4.74 Å². The van der Waals surface area contributed by atoms with Crippen LogP contribution in [0.1, 0.15) is 15.9 Å². The van der Waals surface area contributed by atoms with Crippen LogP contribution >= 0.6 is 11.6 Å². The molecule has 0 saturated heterocycles. The van der Waals surface area contributed by atoms with Gasteiger partial charge in [0, 0.05) is 11.6 Å². The van der Waals surface area contributed by atoms with Crippen LogP contribution in [0.4, 0.5) is 8.78 Å². The number of halogens is 3. The molecule has 2 rings (SSSR count). The van der Waals surface area contributed by atoms with Gasteiger partial charge in [-0.05, 0) is 36.4 Å². The highest BCUT2D eigenvalue weighted by molar-refractivity contribution is 6.32. The molecule has 0 atom stereocenters. The van der Waals surface area contributed by atoms with Crippen molar-refractivity contribution in [3.63, 3.8) is 0 Å². The van der Waals surface area contributed by atoms with Gasteiger partial charge in [-0.2, -0.15) is 0 Å². The molecule has 0 spiro atoms. The summed E-state index contributed by atoms with van der Waals surface area (Å²) in [5.74, 6) is -2.57. The molecule has 0 heterocycles. The third-order valence-corrected chi connectivity index (χ3v) is 3.52. The minimum Gasteiger partial charge on any atom is -0.496 e. The van der Waals surface area contributed by atoms with E-state index in [-0.39, 0.29) is 21.9 Å². The molecule has 0 aliphatic heterocycles. The fraction of sp³-hybridized carbons (Fsp3) is 0.111. The molecule has 25 heavy (non-hydrogen) atoms. The van der Waals surface area contributed by atoms with Crippen molar-refractivity contribution in [2.75, 3.05) is 13.7 Å². The van der Waals surface area contributed by atoms with E-state index >= 15 is 0 Å². The van der Waals surface area contributed by atoms with Crippen molar-refractivity contribution in [3.05, 3.63) is 70.3 Å². The van der Waals surface area contributed by atoms with Gasteiger partial charge in [0.05, 0.1) is 17.7 Å². The second-order valence-electron chi connectivity index (χ2n) is 4.84. The normalized spacial score (nSPS) is 10.7. The maximum atomic E-state index is 13.6. The molecular weight excluding hydrogens is 354 g/mol. The van der Waals surface area contributed by atoms with Crippen LogP contribution in [0.3, 0.4) is 0 Å². The molecule has 0 radical (unpaired) electrons. The van der Waals surface area contributed by atoms with Crippen molar-refractivity contribution in [1.82, 2.24) is 0 Å². The number of benzene rings is 2. The molecule has 0 fully saturated rings. The monoisotopic (exact) mass is 366 g/mol. The minimum absolute atomic E-state index is 0.0271. The number of esters is 1. The lowest BCUT2D eigenvalue weighted by Crippen LogP contribution is -2.13. The zero-order chi connectivity index (χ0) is 18.4. The van der Waals surface area contributed by atoms with Gasteiger partial charge in [0.15, 0.2) is 6.61 Å². The van der Waals surface area contributed by atoms with Crippen LogP contribution in [-0.4, -0.2) is 25.5 Å². The molecule has 0 aliphatic rings. The second kappa shape index (κ2) is 8.39. The fourth-order valence-corrected chi connectivity index (χ4v) is 2.21. The van der Waals surface area contributed by atoms with Crippen molar-refractivity contribution in [1.29, 1.82) is 0 Å². The Balaban J connectivity index is 2.02. The Morgan fingerprint density at radius 1 is 1.20 bits per heavy atom. The van der Waals surface area contributed by atoms with Gasteiger partial charge in [-0.15, -0.1) is 0 Å². The van der Waals surface area contributed by atoms with E-state index in [1.807, 2.05) is 0 Å². The van der Waals surface area contributed by atoms with Crippen LogP contribution in [0.25, 0.3) is 6.08 Å². The van der Waals surface area contributed by atoms with E-state index in [0.29, 0.717) is 0 Å². The number of methoxy groups -OCH3 is 1. The summed E-state index contributed by atoms with van der Waals surface area (Å²) in [6, 6.07) is 7.52. The summed E-state index contributed by atoms with van der Waals surface area (Å²) in [7, 11) is 1.33. The smallest absolute Gasteiger partial charge is 0.331 e. The van der Waals surface area contributed by atoms with Gasteiger partial charge in [0.2, 0.25) is 5.78 Å². The molecule has 0 amide bonds. The Bertz CT molecular complexity index is 814. The average Bonchev–Trinajstić information content (AvgIpc) is 2.59. The lowest BCUT2D eigenvalue weighted by atomic mass is 10.1. The van der Waals surface area contributed by atoms with E-state index in [1.54, 1.807) is 0 Å². The van der Waals surface area contributed by atoms with Gasteiger partial charge in [0.25, 0.3) is 0 Å². The molecule has 0 aliphatic carbocycles. The lowest BCUT2D eigenvalue weighted by molar-refractivity contribution is -0.136.